The third-order valence-corrected chi connectivity index (χ3v) is 2.90. The van der Waals surface area contributed by atoms with Gasteiger partial charge in [-0.25, -0.2) is 0 Å². The van der Waals surface area contributed by atoms with Gasteiger partial charge in [0.05, 0.1) is 13.0 Å². The lowest BCUT2D eigenvalue weighted by Gasteiger charge is -2.07. The van der Waals surface area contributed by atoms with Crippen molar-refractivity contribution < 1.29 is 19.1 Å². The Balaban J connectivity index is 1.57. The Morgan fingerprint density at radius 2 is 1.95 bits per heavy atom. The molecule has 1 N–H and O–H groups in total. The van der Waals surface area contributed by atoms with Crippen LogP contribution in [0.4, 0.5) is 0 Å². The van der Waals surface area contributed by atoms with E-state index in [-0.39, 0.29) is 31.6 Å². The number of carbonyl (C=O) groups excluding carboxylic acids is 2. The number of amides is 1. The number of ether oxygens (including phenoxy) is 2. The van der Waals surface area contributed by atoms with Gasteiger partial charge < -0.3 is 14.8 Å². The molecule has 108 valence electrons. The summed E-state index contributed by atoms with van der Waals surface area (Å²) >= 11 is 0. The maximum atomic E-state index is 11.4. The predicted octanol–water partition coefficient (Wildman–Crippen LogP) is 1.59. The third-order valence-electron chi connectivity index (χ3n) is 2.90. The molecule has 1 aromatic rings. The molecule has 5 heteroatoms. The average Bonchev–Trinajstić information content (AvgIpc) is 3.23. The minimum Gasteiger partial charge on any atom is -0.493 e. The van der Waals surface area contributed by atoms with E-state index in [0.29, 0.717) is 0 Å². The molecule has 2 rings (SSSR count). The highest BCUT2D eigenvalue weighted by Gasteiger charge is 2.23. The van der Waals surface area contributed by atoms with E-state index in [1.807, 2.05) is 31.2 Å². The van der Waals surface area contributed by atoms with Crippen molar-refractivity contribution in [2.45, 2.75) is 32.2 Å². The van der Waals surface area contributed by atoms with E-state index in [2.05, 4.69) is 5.32 Å². The van der Waals surface area contributed by atoms with E-state index in [9.17, 15) is 9.59 Å². The zero-order valence-electron chi connectivity index (χ0n) is 11.6. The molecule has 20 heavy (non-hydrogen) atoms. The van der Waals surface area contributed by atoms with Crippen molar-refractivity contribution in [3.8, 4) is 5.75 Å². The Kier molecular flexibility index (Phi) is 4.98. The molecule has 0 unspecified atom stereocenters. The summed E-state index contributed by atoms with van der Waals surface area (Å²) in [7, 11) is 0. The lowest BCUT2D eigenvalue weighted by atomic mass is 10.2. The fourth-order valence-corrected chi connectivity index (χ4v) is 1.60. The van der Waals surface area contributed by atoms with Gasteiger partial charge in [-0.2, -0.15) is 0 Å². The molecule has 0 bridgehead atoms. The van der Waals surface area contributed by atoms with Crippen molar-refractivity contribution in [3.63, 3.8) is 0 Å². The van der Waals surface area contributed by atoms with Crippen LogP contribution in [0.1, 0.15) is 24.8 Å². The Morgan fingerprint density at radius 3 is 2.60 bits per heavy atom. The van der Waals surface area contributed by atoms with Gasteiger partial charge in [-0.1, -0.05) is 17.7 Å². The van der Waals surface area contributed by atoms with Crippen LogP contribution in [0, 0.1) is 6.92 Å². The van der Waals surface area contributed by atoms with E-state index < -0.39 is 5.97 Å². The van der Waals surface area contributed by atoms with Gasteiger partial charge >= 0.3 is 5.97 Å². The van der Waals surface area contributed by atoms with Crippen molar-refractivity contribution >= 4 is 11.9 Å². The standard InChI is InChI=1S/C15H19NO4/c1-11-2-6-13(7-3-11)19-9-8-15(18)20-10-14(17)16-12-4-5-12/h2-3,6-7,12H,4-5,8-10H2,1H3,(H,16,17). The van der Waals surface area contributed by atoms with Crippen LogP contribution in [0.25, 0.3) is 0 Å². The van der Waals surface area contributed by atoms with Gasteiger partial charge in [-0.05, 0) is 31.9 Å². The van der Waals surface area contributed by atoms with Crippen molar-refractivity contribution in [3.05, 3.63) is 29.8 Å². The van der Waals surface area contributed by atoms with Crippen molar-refractivity contribution in [1.82, 2.24) is 5.32 Å². The topological polar surface area (TPSA) is 64.6 Å². The van der Waals surface area contributed by atoms with Gasteiger partial charge in [-0.3, -0.25) is 9.59 Å². The fraction of sp³-hybridized carbons (Fsp3) is 0.467. The first-order chi connectivity index (χ1) is 9.63. The number of carbonyl (C=O) groups is 2. The van der Waals surface area contributed by atoms with Crippen LogP contribution in [0.5, 0.6) is 5.75 Å². The van der Waals surface area contributed by atoms with E-state index in [4.69, 9.17) is 9.47 Å². The molecule has 1 amide bonds. The van der Waals surface area contributed by atoms with Crippen LogP contribution in [0.2, 0.25) is 0 Å². The first-order valence-corrected chi connectivity index (χ1v) is 6.78. The highest BCUT2D eigenvalue weighted by Crippen LogP contribution is 2.18. The number of hydrogen-bond donors (Lipinski definition) is 1. The van der Waals surface area contributed by atoms with Crippen molar-refractivity contribution in [2.75, 3.05) is 13.2 Å². The molecule has 0 radical (unpaired) electrons. The molecule has 1 saturated carbocycles. The normalized spacial score (nSPS) is 13.7. The fourth-order valence-electron chi connectivity index (χ4n) is 1.60. The molecule has 1 aliphatic rings. The first kappa shape index (κ1) is 14.4. The number of benzene rings is 1. The number of aryl methyl sites for hydroxylation is 1. The van der Waals surface area contributed by atoms with Gasteiger partial charge in [0, 0.05) is 6.04 Å². The summed E-state index contributed by atoms with van der Waals surface area (Å²) in [4.78, 5) is 22.7. The highest BCUT2D eigenvalue weighted by molar-refractivity contribution is 5.80. The number of nitrogens with one attached hydrogen (secondary N) is 1. The second-order valence-corrected chi connectivity index (χ2v) is 4.91. The van der Waals surface area contributed by atoms with Gasteiger partial charge in [0.15, 0.2) is 6.61 Å². The maximum absolute atomic E-state index is 11.4. The summed E-state index contributed by atoms with van der Waals surface area (Å²) in [6.45, 7) is 2.03. The van der Waals surface area contributed by atoms with E-state index in [0.717, 1.165) is 24.2 Å². The lowest BCUT2D eigenvalue weighted by Crippen LogP contribution is -2.30. The van der Waals surface area contributed by atoms with Crippen LogP contribution >= 0.6 is 0 Å². The summed E-state index contributed by atoms with van der Waals surface area (Å²) in [5.74, 6) is 0.0539. The van der Waals surface area contributed by atoms with Gasteiger partial charge in [0.25, 0.3) is 5.91 Å². The SMILES string of the molecule is Cc1ccc(OCCC(=O)OCC(=O)NC2CC2)cc1. The molecule has 0 aliphatic heterocycles. The van der Waals surface area contributed by atoms with Crippen LogP contribution in [0.15, 0.2) is 24.3 Å². The monoisotopic (exact) mass is 277 g/mol. The van der Waals surface area contributed by atoms with E-state index >= 15 is 0 Å². The average molecular weight is 277 g/mol. The molecule has 0 spiro atoms. The molecule has 5 nitrogen and oxygen atoms in total. The Bertz CT molecular complexity index is 465. The molecule has 0 atom stereocenters. The largest absolute Gasteiger partial charge is 0.493 e. The lowest BCUT2D eigenvalue weighted by molar-refractivity contribution is -0.149. The van der Waals surface area contributed by atoms with E-state index in [1.54, 1.807) is 0 Å². The smallest absolute Gasteiger partial charge is 0.309 e. The molecule has 1 aromatic carbocycles. The van der Waals surface area contributed by atoms with E-state index in [1.165, 1.54) is 0 Å². The molecule has 0 heterocycles. The second kappa shape index (κ2) is 6.93. The predicted molar refractivity (Wildman–Crippen MR) is 73.4 cm³/mol. The number of hydrogen-bond acceptors (Lipinski definition) is 4. The Hall–Kier alpha value is -2.04. The van der Waals surface area contributed by atoms with Gasteiger partial charge in [0.1, 0.15) is 5.75 Å². The molecular weight excluding hydrogens is 258 g/mol. The molecule has 0 saturated heterocycles. The maximum Gasteiger partial charge on any atom is 0.309 e. The minimum absolute atomic E-state index is 0.130. The highest BCUT2D eigenvalue weighted by atomic mass is 16.5. The van der Waals surface area contributed by atoms with Crippen LogP contribution in [0.3, 0.4) is 0 Å². The van der Waals surface area contributed by atoms with Crippen LogP contribution in [-0.4, -0.2) is 31.1 Å². The van der Waals surface area contributed by atoms with Crippen LogP contribution < -0.4 is 10.1 Å². The minimum atomic E-state index is -0.428. The molecule has 1 aliphatic carbocycles. The summed E-state index contributed by atoms with van der Waals surface area (Å²) in [6.07, 6.45) is 2.17. The quantitative estimate of drug-likeness (QED) is 0.769. The summed E-state index contributed by atoms with van der Waals surface area (Å²) in [5.41, 5.74) is 1.15. The molecular formula is C15H19NO4. The number of esters is 1. The number of rotatable bonds is 7. The second-order valence-electron chi connectivity index (χ2n) is 4.91. The summed E-state index contributed by atoms with van der Waals surface area (Å²) in [6, 6.07) is 7.87. The van der Waals surface area contributed by atoms with Gasteiger partial charge in [-0.15, -0.1) is 0 Å². The zero-order chi connectivity index (χ0) is 14.4. The van der Waals surface area contributed by atoms with Gasteiger partial charge in [0.2, 0.25) is 0 Å². The van der Waals surface area contributed by atoms with Crippen LogP contribution in [-0.2, 0) is 14.3 Å². The Morgan fingerprint density at radius 1 is 1.25 bits per heavy atom. The van der Waals surface area contributed by atoms with Crippen molar-refractivity contribution in [1.29, 1.82) is 0 Å². The summed E-state index contributed by atoms with van der Waals surface area (Å²) in [5, 5.41) is 2.75. The first-order valence-electron chi connectivity index (χ1n) is 6.78. The molecule has 0 aromatic heterocycles. The third kappa shape index (κ3) is 5.30. The Labute approximate surface area is 118 Å². The van der Waals surface area contributed by atoms with Crippen molar-refractivity contribution in [2.24, 2.45) is 0 Å². The zero-order valence-corrected chi connectivity index (χ0v) is 11.6. The summed E-state index contributed by atoms with van der Waals surface area (Å²) < 4.78 is 10.3. The molecule has 1 fully saturated rings.